The maximum absolute atomic E-state index is 12.7. The van der Waals surface area contributed by atoms with Crippen molar-refractivity contribution in [3.8, 4) is 5.75 Å². The summed E-state index contributed by atoms with van der Waals surface area (Å²) in [6, 6.07) is 17.6. The molecule has 2 aromatic rings. The molecule has 0 bridgehead atoms. The van der Waals surface area contributed by atoms with Crippen LogP contribution in [0.15, 0.2) is 54.6 Å². The Balaban J connectivity index is 0.00000196. The van der Waals surface area contributed by atoms with E-state index in [9.17, 15) is 4.79 Å². The molecule has 1 aliphatic carbocycles. The van der Waals surface area contributed by atoms with E-state index in [0.29, 0.717) is 6.61 Å². The summed E-state index contributed by atoms with van der Waals surface area (Å²) in [6.07, 6.45) is 3.26. The highest BCUT2D eigenvalue weighted by Gasteiger charge is 2.57. The van der Waals surface area contributed by atoms with Gasteiger partial charge in [-0.1, -0.05) is 36.4 Å². The molecule has 5 heteroatoms. The third-order valence-corrected chi connectivity index (χ3v) is 5.52. The molecule has 2 fully saturated rings. The summed E-state index contributed by atoms with van der Waals surface area (Å²) in [5.74, 6) is 1.16. The van der Waals surface area contributed by atoms with Crippen molar-refractivity contribution < 1.29 is 9.53 Å². The number of nitrogens with one attached hydrogen (secondary N) is 2. The van der Waals surface area contributed by atoms with Crippen LogP contribution in [0.3, 0.4) is 0 Å². The number of anilines is 1. The zero-order valence-electron chi connectivity index (χ0n) is 14.7. The van der Waals surface area contributed by atoms with Crippen molar-refractivity contribution in [1.29, 1.82) is 0 Å². The molecule has 4 rings (SSSR count). The number of ether oxygens (including phenoxy) is 1. The maximum atomic E-state index is 12.7. The monoisotopic (exact) mass is 372 g/mol. The van der Waals surface area contributed by atoms with Gasteiger partial charge in [-0.3, -0.25) is 4.79 Å². The van der Waals surface area contributed by atoms with E-state index in [1.807, 2.05) is 54.6 Å². The van der Waals surface area contributed by atoms with Crippen molar-refractivity contribution in [3.05, 3.63) is 60.2 Å². The molecule has 2 N–H and O–H groups in total. The molecule has 1 heterocycles. The first-order valence-electron chi connectivity index (χ1n) is 9.04. The number of carbonyl (C=O) groups is 1. The van der Waals surface area contributed by atoms with Gasteiger partial charge in [-0.15, -0.1) is 12.4 Å². The van der Waals surface area contributed by atoms with Crippen LogP contribution in [0.5, 0.6) is 5.75 Å². The highest BCUT2D eigenvalue weighted by atomic mass is 35.5. The quantitative estimate of drug-likeness (QED) is 0.833. The van der Waals surface area contributed by atoms with Gasteiger partial charge in [0.05, 0.1) is 0 Å². The zero-order valence-corrected chi connectivity index (χ0v) is 15.6. The molecule has 26 heavy (non-hydrogen) atoms. The number of halogens is 1. The van der Waals surface area contributed by atoms with Gasteiger partial charge in [-0.05, 0) is 56.0 Å². The Morgan fingerprint density at radius 2 is 1.77 bits per heavy atom. The van der Waals surface area contributed by atoms with E-state index in [1.165, 1.54) is 0 Å². The standard InChI is InChI=1S/C21H24N2O2.ClH/c24-20(18-14-21(18)10-12-22-13-11-21)23-19-9-5-4-6-16(19)15-25-17-7-2-1-3-8-17;/h1-9,18,22H,10-15H2,(H,23,24);1H. The Bertz CT molecular complexity index is 745. The van der Waals surface area contributed by atoms with Crippen LogP contribution < -0.4 is 15.4 Å². The third-order valence-electron chi connectivity index (χ3n) is 5.52. The van der Waals surface area contributed by atoms with Crippen molar-refractivity contribution in [1.82, 2.24) is 5.32 Å². The maximum Gasteiger partial charge on any atom is 0.228 e. The van der Waals surface area contributed by atoms with Crippen molar-refractivity contribution >= 4 is 24.0 Å². The van der Waals surface area contributed by atoms with Gasteiger partial charge in [0.25, 0.3) is 0 Å². The molecule has 0 aromatic heterocycles. The lowest BCUT2D eigenvalue weighted by Crippen LogP contribution is -2.31. The predicted octanol–water partition coefficient (Wildman–Crippen LogP) is 4.02. The van der Waals surface area contributed by atoms with Crippen LogP contribution in [0.25, 0.3) is 0 Å². The first-order valence-corrected chi connectivity index (χ1v) is 9.04. The second kappa shape index (κ2) is 8.11. The van der Waals surface area contributed by atoms with Crippen LogP contribution in [-0.2, 0) is 11.4 Å². The number of hydrogen-bond donors (Lipinski definition) is 2. The molecule has 1 atom stereocenters. The van der Waals surface area contributed by atoms with E-state index in [4.69, 9.17) is 4.74 Å². The number of carbonyl (C=O) groups excluding carboxylic acids is 1. The van der Waals surface area contributed by atoms with Crippen molar-refractivity contribution in [2.24, 2.45) is 11.3 Å². The number of piperidine rings is 1. The first kappa shape index (κ1) is 18.7. The predicted molar refractivity (Wildman–Crippen MR) is 106 cm³/mol. The van der Waals surface area contributed by atoms with Crippen LogP contribution in [0, 0.1) is 11.3 Å². The van der Waals surface area contributed by atoms with Gasteiger partial charge in [0.2, 0.25) is 5.91 Å². The normalized spacial score (nSPS) is 20.1. The summed E-state index contributed by atoms with van der Waals surface area (Å²) < 4.78 is 5.84. The molecular formula is C21H25ClN2O2. The highest BCUT2D eigenvalue weighted by molar-refractivity contribution is 5.95. The lowest BCUT2D eigenvalue weighted by molar-refractivity contribution is -0.118. The third kappa shape index (κ3) is 4.02. The smallest absolute Gasteiger partial charge is 0.228 e. The molecular weight excluding hydrogens is 348 g/mol. The van der Waals surface area contributed by atoms with Crippen LogP contribution in [-0.4, -0.2) is 19.0 Å². The molecule has 2 aromatic carbocycles. The second-order valence-corrected chi connectivity index (χ2v) is 7.12. The number of amides is 1. The van der Waals surface area contributed by atoms with Crippen molar-refractivity contribution in [3.63, 3.8) is 0 Å². The fraction of sp³-hybridized carbons (Fsp3) is 0.381. The van der Waals surface area contributed by atoms with E-state index in [-0.39, 0.29) is 29.6 Å². The van der Waals surface area contributed by atoms with Gasteiger partial charge >= 0.3 is 0 Å². The molecule has 1 amide bonds. The second-order valence-electron chi connectivity index (χ2n) is 7.12. The lowest BCUT2D eigenvalue weighted by atomic mass is 9.91. The fourth-order valence-corrected chi connectivity index (χ4v) is 3.86. The van der Waals surface area contributed by atoms with E-state index in [1.54, 1.807) is 0 Å². The van der Waals surface area contributed by atoms with Crippen LogP contribution in [0.1, 0.15) is 24.8 Å². The molecule has 1 saturated heterocycles. The van der Waals surface area contributed by atoms with E-state index >= 15 is 0 Å². The van der Waals surface area contributed by atoms with Gasteiger partial charge in [0, 0.05) is 17.2 Å². The minimum absolute atomic E-state index is 0. The molecule has 2 aliphatic rings. The van der Waals surface area contributed by atoms with E-state index < -0.39 is 0 Å². The van der Waals surface area contributed by atoms with Gasteiger partial charge in [-0.25, -0.2) is 0 Å². The van der Waals surface area contributed by atoms with Gasteiger partial charge in [-0.2, -0.15) is 0 Å². The Kier molecular flexibility index (Phi) is 5.84. The minimum Gasteiger partial charge on any atom is -0.489 e. The van der Waals surface area contributed by atoms with Crippen LogP contribution in [0.4, 0.5) is 5.69 Å². The molecule has 1 saturated carbocycles. The summed E-state index contributed by atoms with van der Waals surface area (Å²) in [7, 11) is 0. The van der Waals surface area contributed by atoms with E-state index in [2.05, 4.69) is 10.6 Å². The molecule has 1 spiro atoms. The van der Waals surface area contributed by atoms with E-state index in [0.717, 1.165) is 49.4 Å². The van der Waals surface area contributed by atoms with Gasteiger partial charge in [0.15, 0.2) is 0 Å². The summed E-state index contributed by atoms with van der Waals surface area (Å²) in [6.45, 7) is 2.51. The largest absolute Gasteiger partial charge is 0.489 e. The Labute approximate surface area is 160 Å². The zero-order chi connectivity index (χ0) is 17.1. The summed E-state index contributed by atoms with van der Waals surface area (Å²) >= 11 is 0. The van der Waals surface area contributed by atoms with Crippen molar-refractivity contribution in [2.45, 2.75) is 25.9 Å². The molecule has 138 valence electrons. The molecule has 0 radical (unpaired) electrons. The van der Waals surface area contributed by atoms with Crippen LogP contribution in [0.2, 0.25) is 0 Å². The highest BCUT2D eigenvalue weighted by Crippen LogP contribution is 2.58. The Hall–Kier alpha value is -2.04. The number of rotatable bonds is 5. The first-order chi connectivity index (χ1) is 12.3. The number of para-hydroxylation sites is 2. The summed E-state index contributed by atoms with van der Waals surface area (Å²) in [4.78, 5) is 12.7. The van der Waals surface area contributed by atoms with Crippen molar-refractivity contribution in [2.75, 3.05) is 18.4 Å². The van der Waals surface area contributed by atoms with Crippen LogP contribution >= 0.6 is 12.4 Å². The minimum atomic E-state index is 0. The summed E-state index contributed by atoms with van der Waals surface area (Å²) in [5.41, 5.74) is 2.12. The Morgan fingerprint density at radius 3 is 2.54 bits per heavy atom. The fourth-order valence-electron chi connectivity index (χ4n) is 3.86. The molecule has 1 unspecified atom stereocenters. The number of benzene rings is 2. The Morgan fingerprint density at radius 1 is 1.08 bits per heavy atom. The summed E-state index contributed by atoms with van der Waals surface area (Å²) in [5, 5.41) is 6.52. The van der Waals surface area contributed by atoms with Gasteiger partial charge < -0.3 is 15.4 Å². The SMILES string of the molecule is Cl.O=C(Nc1ccccc1COc1ccccc1)C1CC12CCNCC2. The lowest BCUT2D eigenvalue weighted by Gasteiger charge is -2.23. The topological polar surface area (TPSA) is 50.4 Å². The van der Waals surface area contributed by atoms with Gasteiger partial charge in [0.1, 0.15) is 12.4 Å². The average molecular weight is 373 g/mol. The molecule has 4 nitrogen and oxygen atoms in total. The average Bonchev–Trinajstić information content (AvgIpc) is 3.35. The molecule has 1 aliphatic heterocycles. The number of hydrogen-bond acceptors (Lipinski definition) is 3.